The maximum absolute atomic E-state index is 0. The van der Waals surface area contributed by atoms with Crippen LogP contribution in [0.25, 0.3) is 0 Å². The summed E-state index contributed by atoms with van der Waals surface area (Å²) in [5.41, 5.74) is 0. The Morgan fingerprint density at radius 2 is 0.429 bits per heavy atom. The first kappa shape index (κ1) is 90.9. The van der Waals surface area contributed by atoms with Crippen molar-refractivity contribution in [3.05, 3.63) is 0 Å². The Balaban J connectivity index is 0. The molecule has 0 aromatic carbocycles. The van der Waals surface area contributed by atoms with E-state index in [0.29, 0.717) is 0 Å². The van der Waals surface area contributed by atoms with E-state index in [9.17, 15) is 0 Å². The molecule has 0 spiro atoms. The van der Waals surface area contributed by atoms with Crippen molar-refractivity contribution in [2.24, 2.45) is 0 Å². The second-order valence-corrected chi connectivity index (χ2v) is 0. The molecular formula is H8Na2O2S3. The first-order valence-electron chi connectivity index (χ1n) is 0. The van der Waals surface area contributed by atoms with Crippen LogP contribution in [0.1, 0.15) is 0 Å². The Morgan fingerprint density at radius 3 is 0.429 bits per heavy atom. The zero-order valence-electron chi connectivity index (χ0n) is 4.39. The van der Waals surface area contributed by atoms with E-state index in [-0.39, 0.29) is 111 Å². The molecule has 0 radical (unpaired) electrons. The van der Waals surface area contributed by atoms with Gasteiger partial charge in [-0.2, -0.15) is 40.5 Å². The van der Waals surface area contributed by atoms with Gasteiger partial charge in [0.05, 0.1) is 0 Å². The van der Waals surface area contributed by atoms with Gasteiger partial charge in [0.2, 0.25) is 0 Å². The summed E-state index contributed by atoms with van der Waals surface area (Å²) in [5, 5.41) is 0. The minimum Gasteiger partial charge on any atom is -0.870 e. The molecular weight excluding hydrogens is 174 g/mol. The van der Waals surface area contributed by atoms with Crippen molar-refractivity contribution in [1.82, 2.24) is 0 Å². The van der Waals surface area contributed by atoms with Crippen LogP contribution in [-0.2, 0) is 0 Å². The monoisotopic (exact) mass is 182 g/mol. The average Bonchev–Trinajstić information content (AvgIpc) is 0. The van der Waals surface area contributed by atoms with E-state index in [1.165, 1.54) is 0 Å². The van der Waals surface area contributed by atoms with Gasteiger partial charge in [0.15, 0.2) is 0 Å². The largest absolute Gasteiger partial charge is 1.00 e. The van der Waals surface area contributed by atoms with Crippen LogP contribution in [0, 0.1) is 0 Å². The minimum absolute atomic E-state index is 0. The maximum atomic E-state index is 0. The molecule has 0 bridgehead atoms. The van der Waals surface area contributed by atoms with E-state index in [1.54, 1.807) is 0 Å². The Hall–Kier alpha value is 2.97. The molecule has 0 aromatic rings. The van der Waals surface area contributed by atoms with Gasteiger partial charge in [0.25, 0.3) is 0 Å². The molecule has 0 rings (SSSR count). The van der Waals surface area contributed by atoms with E-state index in [2.05, 4.69) is 0 Å². The van der Waals surface area contributed by atoms with Crippen LogP contribution in [0.15, 0.2) is 0 Å². The fourth-order valence-electron chi connectivity index (χ4n) is 0. The van der Waals surface area contributed by atoms with E-state index in [1.807, 2.05) is 0 Å². The summed E-state index contributed by atoms with van der Waals surface area (Å²) in [4.78, 5) is 0. The zero-order chi connectivity index (χ0) is 0. The molecule has 0 atom stereocenters. The van der Waals surface area contributed by atoms with E-state index in [0.717, 1.165) is 0 Å². The third-order valence-corrected chi connectivity index (χ3v) is 0. The SMILES string of the molecule is S.S.S.[Na+].[Na+].[OH-].[OH-]. The molecule has 0 amide bonds. The molecule has 2 nitrogen and oxygen atoms in total. The van der Waals surface area contributed by atoms with Gasteiger partial charge in [-0.1, -0.05) is 0 Å². The summed E-state index contributed by atoms with van der Waals surface area (Å²) >= 11 is 0. The van der Waals surface area contributed by atoms with Crippen molar-refractivity contribution < 1.29 is 70.1 Å². The quantitative estimate of drug-likeness (QED) is 0.350. The van der Waals surface area contributed by atoms with Gasteiger partial charge in [0.1, 0.15) is 0 Å². The van der Waals surface area contributed by atoms with Crippen molar-refractivity contribution in [2.45, 2.75) is 0 Å². The van der Waals surface area contributed by atoms with Gasteiger partial charge in [-0.05, 0) is 0 Å². The summed E-state index contributed by atoms with van der Waals surface area (Å²) in [6.07, 6.45) is 0. The molecule has 7 heteroatoms. The molecule has 40 valence electrons. The third kappa shape index (κ3) is 49.4. The van der Waals surface area contributed by atoms with Crippen molar-refractivity contribution >= 4 is 40.5 Å². The standard InChI is InChI=1S/2Na.2H2O.3H2S/h;;5*1H2/q2*+1;;;;;/p-2. The molecule has 0 aliphatic heterocycles. The molecule has 2 N–H and O–H groups in total. The van der Waals surface area contributed by atoms with Crippen molar-refractivity contribution in [2.75, 3.05) is 0 Å². The molecule has 0 fully saturated rings. The summed E-state index contributed by atoms with van der Waals surface area (Å²) in [5.74, 6) is 0. The average molecular weight is 182 g/mol. The van der Waals surface area contributed by atoms with Crippen molar-refractivity contribution in [1.29, 1.82) is 0 Å². The third-order valence-electron chi connectivity index (χ3n) is 0. The second-order valence-electron chi connectivity index (χ2n) is 0. The summed E-state index contributed by atoms with van der Waals surface area (Å²) in [6, 6.07) is 0. The van der Waals surface area contributed by atoms with Gasteiger partial charge in [-0.3, -0.25) is 0 Å². The zero-order valence-corrected chi connectivity index (χ0v) is 11.4. The first-order chi connectivity index (χ1) is 0. The van der Waals surface area contributed by atoms with Crippen LogP contribution in [0.3, 0.4) is 0 Å². The molecule has 0 aliphatic carbocycles. The molecule has 0 aliphatic rings. The minimum atomic E-state index is 0. The molecule has 0 saturated heterocycles. The first-order valence-corrected chi connectivity index (χ1v) is 0. The van der Waals surface area contributed by atoms with Crippen molar-refractivity contribution in [3.63, 3.8) is 0 Å². The van der Waals surface area contributed by atoms with Gasteiger partial charge < -0.3 is 11.0 Å². The predicted octanol–water partition coefficient (Wildman–Crippen LogP) is -6.01. The molecule has 0 aromatic heterocycles. The molecule has 7 heavy (non-hydrogen) atoms. The predicted molar refractivity (Wildman–Crippen MR) is 35.0 cm³/mol. The van der Waals surface area contributed by atoms with Crippen LogP contribution in [-0.4, -0.2) is 11.0 Å². The Kier molecular flexibility index (Phi) is 839. The Labute approximate surface area is 109 Å². The van der Waals surface area contributed by atoms with Crippen LogP contribution in [0.4, 0.5) is 0 Å². The van der Waals surface area contributed by atoms with Crippen LogP contribution in [0.2, 0.25) is 0 Å². The van der Waals surface area contributed by atoms with E-state index >= 15 is 0 Å². The second kappa shape index (κ2) is 64.6. The molecule has 0 unspecified atom stereocenters. The number of rotatable bonds is 0. The summed E-state index contributed by atoms with van der Waals surface area (Å²) < 4.78 is 0. The normalized spacial score (nSPS) is 0. The Bertz CT molecular complexity index is 10.9. The number of hydrogen-bond donors (Lipinski definition) is 0. The van der Waals surface area contributed by atoms with Gasteiger partial charge in [-0.25, -0.2) is 0 Å². The van der Waals surface area contributed by atoms with Gasteiger partial charge in [0, 0.05) is 0 Å². The van der Waals surface area contributed by atoms with Gasteiger partial charge in [-0.15, -0.1) is 0 Å². The smallest absolute Gasteiger partial charge is 0.870 e. The summed E-state index contributed by atoms with van der Waals surface area (Å²) in [7, 11) is 0. The number of hydrogen-bond acceptors (Lipinski definition) is 2. The van der Waals surface area contributed by atoms with Gasteiger partial charge >= 0.3 is 59.1 Å². The molecule has 0 saturated carbocycles. The maximum Gasteiger partial charge on any atom is 1.00 e. The molecule has 0 heterocycles. The summed E-state index contributed by atoms with van der Waals surface area (Å²) in [6.45, 7) is 0. The van der Waals surface area contributed by atoms with Crippen molar-refractivity contribution in [3.8, 4) is 0 Å². The van der Waals surface area contributed by atoms with Crippen LogP contribution < -0.4 is 59.1 Å². The topological polar surface area (TPSA) is 60.0 Å². The fourth-order valence-corrected chi connectivity index (χ4v) is 0. The Morgan fingerprint density at radius 1 is 0.429 bits per heavy atom. The van der Waals surface area contributed by atoms with Crippen LogP contribution >= 0.6 is 40.5 Å². The fraction of sp³-hybridized carbons (Fsp3) is 0. The van der Waals surface area contributed by atoms with E-state index < -0.39 is 0 Å². The van der Waals surface area contributed by atoms with Crippen LogP contribution in [0.5, 0.6) is 0 Å². The van der Waals surface area contributed by atoms with E-state index in [4.69, 9.17) is 0 Å².